The third-order valence-corrected chi connectivity index (χ3v) is 2.01. The van der Waals surface area contributed by atoms with E-state index in [0.717, 1.165) is 11.1 Å². The summed E-state index contributed by atoms with van der Waals surface area (Å²) < 4.78 is 6.63. The summed E-state index contributed by atoms with van der Waals surface area (Å²) in [7, 11) is 0. The molecule has 2 aromatic rings. The number of nitrogens with zero attached hydrogens (tertiary/aromatic N) is 2. The van der Waals surface area contributed by atoms with Gasteiger partial charge in [0, 0.05) is 23.5 Å². The maximum atomic E-state index is 11.0. The molecule has 2 rings (SSSR count). The molecule has 0 aliphatic carbocycles. The first-order valence-corrected chi connectivity index (χ1v) is 4.30. The summed E-state index contributed by atoms with van der Waals surface area (Å²) in [5.41, 5.74) is 1.71. The molecule has 14 heavy (non-hydrogen) atoms. The summed E-state index contributed by atoms with van der Waals surface area (Å²) in [6, 6.07) is 1.80. The van der Waals surface area contributed by atoms with Gasteiger partial charge in [-0.15, -0.1) is 0 Å². The molecule has 0 spiro atoms. The summed E-state index contributed by atoms with van der Waals surface area (Å²) in [6.07, 6.45) is 6.93. The van der Waals surface area contributed by atoms with E-state index in [1.165, 1.54) is 0 Å². The van der Waals surface area contributed by atoms with Gasteiger partial charge in [-0.05, 0) is 13.0 Å². The van der Waals surface area contributed by atoms with Crippen LogP contribution in [0, 0.1) is 0 Å². The van der Waals surface area contributed by atoms with Crippen LogP contribution in [0.5, 0.6) is 0 Å². The number of hydrogen-bond donors (Lipinski definition) is 0. The van der Waals surface area contributed by atoms with Gasteiger partial charge in [0.2, 0.25) is 0 Å². The highest BCUT2D eigenvalue weighted by atomic mass is 16.5. The lowest BCUT2D eigenvalue weighted by atomic mass is 10.2. The summed E-state index contributed by atoms with van der Waals surface area (Å²) in [5, 5.41) is 3.60. The van der Waals surface area contributed by atoms with Gasteiger partial charge in [0.05, 0.1) is 12.7 Å². The van der Waals surface area contributed by atoms with Gasteiger partial charge in [0.1, 0.15) is 6.26 Å². The van der Waals surface area contributed by atoms with Crippen LogP contribution in [0.15, 0.2) is 35.4 Å². The molecular formula is C10H10N2O2. The molecule has 0 aromatic carbocycles. The third-order valence-electron chi connectivity index (χ3n) is 2.01. The normalized spacial score (nSPS) is 10.4. The number of carbonyl (C=O) groups is 1. The zero-order valence-corrected chi connectivity index (χ0v) is 7.80. The molecule has 4 heteroatoms. The highest BCUT2D eigenvalue weighted by Gasteiger charge is 2.02. The molecule has 2 aromatic heterocycles. The number of hydrogen-bond acceptors (Lipinski definition) is 3. The predicted octanol–water partition coefficient (Wildman–Crippen LogP) is 1.73. The minimum atomic E-state index is 0.0778. The Bertz CT molecular complexity index is 429. The number of aromatic nitrogens is 2. The molecule has 4 nitrogen and oxygen atoms in total. The van der Waals surface area contributed by atoms with Crippen LogP contribution in [-0.4, -0.2) is 15.5 Å². The molecular weight excluding hydrogens is 180 g/mol. The molecule has 0 radical (unpaired) electrons. The lowest BCUT2D eigenvalue weighted by Gasteiger charge is -1.97. The van der Waals surface area contributed by atoms with Crippen molar-refractivity contribution in [2.24, 2.45) is 0 Å². The van der Waals surface area contributed by atoms with Crippen LogP contribution >= 0.6 is 0 Å². The Balaban J connectivity index is 2.14. The number of Topliss-reactive ketones (excluding diaryl/α,β-unsaturated/α-hetero) is 1. The van der Waals surface area contributed by atoms with Gasteiger partial charge in [-0.3, -0.25) is 4.79 Å². The van der Waals surface area contributed by atoms with Gasteiger partial charge < -0.3 is 9.09 Å². The van der Waals surface area contributed by atoms with E-state index >= 15 is 0 Å². The Morgan fingerprint density at radius 2 is 2.50 bits per heavy atom. The molecule has 2 heterocycles. The summed E-state index contributed by atoms with van der Waals surface area (Å²) in [4.78, 5) is 11.0. The van der Waals surface area contributed by atoms with Crippen molar-refractivity contribution in [2.75, 3.05) is 0 Å². The Kier molecular flexibility index (Phi) is 2.18. The van der Waals surface area contributed by atoms with Crippen LogP contribution in [0.4, 0.5) is 0 Å². The van der Waals surface area contributed by atoms with Crippen molar-refractivity contribution in [3.05, 3.63) is 42.0 Å². The first kappa shape index (κ1) is 8.74. The van der Waals surface area contributed by atoms with Gasteiger partial charge in [0.15, 0.2) is 5.78 Å². The number of ketones is 1. The van der Waals surface area contributed by atoms with E-state index in [0.29, 0.717) is 6.54 Å². The quantitative estimate of drug-likeness (QED) is 0.692. The zero-order chi connectivity index (χ0) is 9.97. The van der Waals surface area contributed by atoms with Gasteiger partial charge in [0.25, 0.3) is 0 Å². The Morgan fingerprint density at radius 1 is 1.64 bits per heavy atom. The van der Waals surface area contributed by atoms with Crippen molar-refractivity contribution in [1.29, 1.82) is 0 Å². The molecule has 72 valence electrons. The second-order valence-electron chi connectivity index (χ2n) is 3.16. The number of rotatable bonds is 3. The monoisotopic (exact) mass is 190 g/mol. The second-order valence-corrected chi connectivity index (χ2v) is 3.16. The molecule has 0 amide bonds. The van der Waals surface area contributed by atoms with E-state index in [4.69, 9.17) is 4.52 Å². The van der Waals surface area contributed by atoms with Crippen LogP contribution in [-0.2, 0) is 6.54 Å². The maximum Gasteiger partial charge on any atom is 0.161 e. The molecule has 0 aliphatic rings. The minimum absolute atomic E-state index is 0.0778. The summed E-state index contributed by atoms with van der Waals surface area (Å²) >= 11 is 0. The maximum absolute atomic E-state index is 11.0. The topological polar surface area (TPSA) is 48.0 Å². The summed E-state index contributed by atoms with van der Waals surface area (Å²) in [6.45, 7) is 2.23. The average Bonchev–Trinajstić information content (AvgIpc) is 2.75. The fourth-order valence-electron chi connectivity index (χ4n) is 1.26. The number of carbonyl (C=O) groups excluding carboxylic acids is 1. The van der Waals surface area contributed by atoms with Crippen molar-refractivity contribution in [3.8, 4) is 0 Å². The Hall–Kier alpha value is -1.84. The highest BCUT2D eigenvalue weighted by Crippen LogP contribution is 2.06. The first-order valence-electron chi connectivity index (χ1n) is 4.30. The molecule has 0 fully saturated rings. The van der Waals surface area contributed by atoms with E-state index in [1.54, 1.807) is 25.5 Å². The average molecular weight is 190 g/mol. The molecule has 0 N–H and O–H groups in total. The van der Waals surface area contributed by atoms with Gasteiger partial charge >= 0.3 is 0 Å². The van der Waals surface area contributed by atoms with Crippen molar-refractivity contribution < 1.29 is 9.32 Å². The Labute approximate surface area is 81.1 Å². The Morgan fingerprint density at radius 3 is 3.07 bits per heavy atom. The lowest BCUT2D eigenvalue weighted by molar-refractivity contribution is 0.101. The molecule has 0 saturated carbocycles. The standard InChI is InChI=1S/C10H10N2O2/c1-8(13)10-2-3-12(6-10)5-9-4-11-14-7-9/h2-4,6-7H,5H2,1H3. The minimum Gasteiger partial charge on any atom is -0.364 e. The predicted molar refractivity (Wildman–Crippen MR) is 50.0 cm³/mol. The van der Waals surface area contributed by atoms with Crippen LogP contribution in [0.25, 0.3) is 0 Å². The third kappa shape index (κ3) is 1.74. The van der Waals surface area contributed by atoms with Crippen LogP contribution in [0.3, 0.4) is 0 Å². The fourth-order valence-corrected chi connectivity index (χ4v) is 1.26. The molecule has 0 bridgehead atoms. The SMILES string of the molecule is CC(=O)c1ccn(Cc2cnoc2)c1. The lowest BCUT2D eigenvalue weighted by Crippen LogP contribution is -1.95. The smallest absolute Gasteiger partial charge is 0.161 e. The highest BCUT2D eigenvalue weighted by molar-refractivity contribution is 5.93. The molecule has 0 atom stereocenters. The van der Waals surface area contributed by atoms with Crippen molar-refractivity contribution in [1.82, 2.24) is 9.72 Å². The van der Waals surface area contributed by atoms with E-state index < -0.39 is 0 Å². The van der Waals surface area contributed by atoms with Crippen molar-refractivity contribution in [2.45, 2.75) is 13.5 Å². The van der Waals surface area contributed by atoms with Crippen LogP contribution in [0.1, 0.15) is 22.8 Å². The van der Waals surface area contributed by atoms with Gasteiger partial charge in [-0.25, -0.2) is 0 Å². The fraction of sp³-hybridized carbons (Fsp3) is 0.200. The zero-order valence-electron chi connectivity index (χ0n) is 7.80. The molecule has 0 aliphatic heterocycles. The largest absolute Gasteiger partial charge is 0.364 e. The van der Waals surface area contributed by atoms with E-state index in [-0.39, 0.29) is 5.78 Å². The molecule has 0 saturated heterocycles. The van der Waals surface area contributed by atoms with E-state index in [9.17, 15) is 4.79 Å². The van der Waals surface area contributed by atoms with Crippen molar-refractivity contribution in [3.63, 3.8) is 0 Å². The van der Waals surface area contributed by atoms with Crippen molar-refractivity contribution >= 4 is 5.78 Å². The second kappa shape index (κ2) is 3.49. The van der Waals surface area contributed by atoms with Gasteiger partial charge in [-0.2, -0.15) is 0 Å². The van der Waals surface area contributed by atoms with Crippen LogP contribution in [0.2, 0.25) is 0 Å². The van der Waals surface area contributed by atoms with Crippen LogP contribution < -0.4 is 0 Å². The molecule has 0 unspecified atom stereocenters. The van der Waals surface area contributed by atoms with E-state index in [1.807, 2.05) is 17.0 Å². The van der Waals surface area contributed by atoms with Gasteiger partial charge in [-0.1, -0.05) is 5.16 Å². The first-order chi connectivity index (χ1) is 6.75. The summed E-state index contributed by atoms with van der Waals surface area (Å²) in [5.74, 6) is 0.0778. The van der Waals surface area contributed by atoms with E-state index in [2.05, 4.69) is 5.16 Å².